The number of rotatable bonds is 12. The Bertz CT molecular complexity index is 967. The topological polar surface area (TPSA) is 137 Å². The Morgan fingerprint density at radius 3 is 2.12 bits per heavy atom. The number of hydrogen-bond acceptors (Lipinski definition) is 6. The highest BCUT2D eigenvalue weighted by Crippen LogP contribution is 2.16. The van der Waals surface area contributed by atoms with E-state index in [0.29, 0.717) is 41.9 Å². The number of unbranched alkanes of at least 4 members (excludes halogenated alkanes) is 1. The lowest BCUT2D eigenvalue weighted by Crippen LogP contribution is -2.40. The molecule has 182 valence electrons. The van der Waals surface area contributed by atoms with Crippen molar-refractivity contribution in [1.82, 2.24) is 5.32 Å². The quantitative estimate of drug-likeness (QED) is 0.144. The zero-order valence-corrected chi connectivity index (χ0v) is 20.0. The van der Waals surface area contributed by atoms with Gasteiger partial charge in [-0.25, -0.2) is 0 Å². The molecule has 0 aliphatic carbocycles. The molecule has 0 radical (unpaired) electrons. The number of benzene rings is 2. The third-order valence-corrected chi connectivity index (χ3v) is 4.71. The van der Waals surface area contributed by atoms with Crippen LogP contribution in [-0.4, -0.2) is 37.0 Å². The van der Waals surface area contributed by atoms with Crippen molar-refractivity contribution in [3.05, 3.63) is 71.4 Å². The van der Waals surface area contributed by atoms with Crippen molar-refractivity contribution in [1.29, 1.82) is 0 Å². The summed E-state index contributed by atoms with van der Waals surface area (Å²) in [6.07, 6.45) is 6.30. The van der Waals surface area contributed by atoms with Gasteiger partial charge in [-0.15, -0.1) is 0 Å². The Morgan fingerprint density at radius 2 is 1.65 bits per heavy atom. The molecule has 0 saturated heterocycles. The second-order valence-corrected chi connectivity index (χ2v) is 7.29. The summed E-state index contributed by atoms with van der Waals surface area (Å²) in [4.78, 5) is 37.3. The highest BCUT2D eigenvalue weighted by Gasteiger charge is 2.15. The molecule has 5 N–H and O–H groups in total. The lowest BCUT2D eigenvalue weighted by Gasteiger charge is -2.11. The number of carbonyl (C=O) groups is 3. The van der Waals surface area contributed by atoms with Gasteiger partial charge in [-0.3, -0.25) is 19.4 Å². The molecule has 0 spiro atoms. The number of nitrogens with one attached hydrogen (secondary N) is 1. The second-order valence-electron chi connectivity index (χ2n) is 7.29. The molecule has 1 atom stereocenters. The minimum Gasteiger partial charge on any atom is -0.494 e. The number of primary amides is 1. The van der Waals surface area contributed by atoms with Gasteiger partial charge < -0.3 is 21.5 Å². The van der Waals surface area contributed by atoms with Crippen LogP contribution in [0.25, 0.3) is 0 Å². The smallest absolute Gasteiger partial charge is 0.240 e. The molecule has 0 aromatic heterocycles. The number of anilines is 1. The first-order chi connectivity index (χ1) is 16.4. The fraction of sp³-hybridized carbons (Fsp3) is 0.308. The molecule has 8 nitrogen and oxygen atoms in total. The summed E-state index contributed by atoms with van der Waals surface area (Å²) >= 11 is 0. The van der Waals surface area contributed by atoms with Crippen LogP contribution in [-0.2, 0) is 9.59 Å². The molecule has 2 aromatic rings. The minimum atomic E-state index is -0.692. The number of amides is 2. The van der Waals surface area contributed by atoms with Crippen molar-refractivity contribution >= 4 is 30.0 Å². The monoisotopic (exact) mass is 466 g/mol. The molecular weight excluding hydrogens is 432 g/mol. The number of ketones is 1. The number of ether oxygens (including phenoxy) is 1. The van der Waals surface area contributed by atoms with Crippen LogP contribution < -0.4 is 21.5 Å². The molecule has 1 unspecified atom stereocenters. The number of nitrogen functional groups attached to an aromatic ring is 1. The van der Waals surface area contributed by atoms with E-state index in [1.165, 1.54) is 0 Å². The first kappa shape index (κ1) is 28.1. The average molecular weight is 467 g/mol. The number of allylic oxidation sites excluding steroid dienone is 1. The highest BCUT2D eigenvalue weighted by atomic mass is 16.5. The third-order valence-electron chi connectivity index (χ3n) is 4.71. The van der Waals surface area contributed by atoms with Crippen molar-refractivity contribution in [3.8, 4) is 5.75 Å². The predicted octanol–water partition coefficient (Wildman–Crippen LogP) is 3.65. The summed E-state index contributed by atoms with van der Waals surface area (Å²) in [6.45, 7) is 6.41. The molecule has 0 heterocycles. The van der Waals surface area contributed by atoms with E-state index in [1.807, 2.05) is 12.1 Å². The SMILES string of the molecule is CC=N/C(=C\C)CC(NC=O)C(N)=O.CCCCOc1ccc(C(=O)c2ccc(N)cc2)cc1. The van der Waals surface area contributed by atoms with Gasteiger partial charge in [0.15, 0.2) is 5.78 Å². The van der Waals surface area contributed by atoms with Crippen molar-refractivity contribution < 1.29 is 19.1 Å². The zero-order chi connectivity index (χ0) is 25.3. The molecular formula is C26H34N4O4. The minimum absolute atomic E-state index is 0.00916. The van der Waals surface area contributed by atoms with Gasteiger partial charge in [0.05, 0.1) is 6.61 Å². The van der Waals surface area contributed by atoms with Crippen LogP contribution in [0, 0.1) is 0 Å². The van der Waals surface area contributed by atoms with Crippen LogP contribution in [0.2, 0.25) is 0 Å². The number of nitrogens with two attached hydrogens (primary N) is 2. The molecule has 0 aliphatic rings. The maximum atomic E-state index is 12.2. The first-order valence-corrected chi connectivity index (χ1v) is 11.1. The molecule has 8 heteroatoms. The fourth-order valence-corrected chi connectivity index (χ4v) is 2.78. The van der Waals surface area contributed by atoms with E-state index < -0.39 is 11.9 Å². The molecule has 0 saturated carbocycles. The maximum absolute atomic E-state index is 12.2. The molecule has 2 rings (SSSR count). The fourth-order valence-electron chi connectivity index (χ4n) is 2.78. The lowest BCUT2D eigenvalue weighted by molar-refractivity contribution is -0.122. The van der Waals surface area contributed by atoms with Crippen LogP contribution in [0.3, 0.4) is 0 Å². The van der Waals surface area contributed by atoms with E-state index in [2.05, 4.69) is 17.2 Å². The maximum Gasteiger partial charge on any atom is 0.240 e. The van der Waals surface area contributed by atoms with Crippen LogP contribution in [0.1, 0.15) is 56.0 Å². The predicted molar refractivity (Wildman–Crippen MR) is 136 cm³/mol. The molecule has 0 aliphatic heterocycles. The number of carbonyl (C=O) groups excluding carboxylic acids is 3. The third kappa shape index (κ3) is 10.1. The van der Waals surface area contributed by atoms with Crippen LogP contribution in [0.5, 0.6) is 5.75 Å². The Kier molecular flexibility index (Phi) is 13.1. The van der Waals surface area contributed by atoms with Crippen molar-refractivity contribution in [2.45, 2.75) is 46.1 Å². The largest absolute Gasteiger partial charge is 0.494 e. The molecule has 2 aromatic carbocycles. The van der Waals surface area contributed by atoms with Gasteiger partial charge >= 0.3 is 0 Å². The van der Waals surface area contributed by atoms with Gasteiger partial charge in [0.2, 0.25) is 12.3 Å². The second kappa shape index (κ2) is 15.8. The summed E-state index contributed by atoms with van der Waals surface area (Å²) in [5.74, 6) is 0.222. The highest BCUT2D eigenvalue weighted by molar-refractivity contribution is 6.09. The van der Waals surface area contributed by atoms with Gasteiger partial charge in [0.1, 0.15) is 11.8 Å². The van der Waals surface area contributed by atoms with Gasteiger partial charge in [-0.05, 0) is 68.8 Å². The summed E-state index contributed by atoms with van der Waals surface area (Å²) in [5, 5.41) is 2.34. The molecule has 34 heavy (non-hydrogen) atoms. The van der Waals surface area contributed by atoms with E-state index in [4.69, 9.17) is 16.2 Å². The molecule has 0 bridgehead atoms. The van der Waals surface area contributed by atoms with Crippen LogP contribution in [0.4, 0.5) is 5.69 Å². The van der Waals surface area contributed by atoms with Gasteiger partial charge in [-0.1, -0.05) is 19.4 Å². The standard InChI is InChI=1S/C17H19NO2.C9H15N3O2/c1-2-3-12-20-16-10-6-14(7-11-16)17(19)13-4-8-15(18)9-5-13;1-3-7(11-4-2)5-8(9(10)14)12-6-13/h4-11H,2-3,12,18H2,1H3;3-4,6,8H,5H2,1-2H3,(H2,10,14)(H,12,13)/b;7-3-,11-4?. The van der Waals surface area contributed by atoms with Gasteiger partial charge in [0.25, 0.3) is 0 Å². The Labute approximate surface area is 201 Å². The van der Waals surface area contributed by atoms with Crippen molar-refractivity contribution in [2.75, 3.05) is 12.3 Å². The molecule has 0 fully saturated rings. The average Bonchev–Trinajstić information content (AvgIpc) is 2.84. The summed E-state index contributed by atoms with van der Waals surface area (Å²) < 4.78 is 5.57. The molecule has 2 amide bonds. The van der Waals surface area contributed by atoms with E-state index in [-0.39, 0.29) is 5.78 Å². The summed E-state index contributed by atoms with van der Waals surface area (Å²) in [7, 11) is 0. The van der Waals surface area contributed by atoms with Gasteiger partial charge in [0, 0.05) is 35.1 Å². The normalized spacial score (nSPS) is 11.8. The Morgan fingerprint density at radius 1 is 1.06 bits per heavy atom. The van der Waals surface area contributed by atoms with E-state index in [1.54, 1.807) is 62.5 Å². The van der Waals surface area contributed by atoms with E-state index in [0.717, 1.165) is 18.6 Å². The number of aliphatic imine (C=N–C) groups is 1. The van der Waals surface area contributed by atoms with E-state index >= 15 is 0 Å². The summed E-state index contributed by atoms with van der Waals surface area (Å²) in [6, 6.07) is 13.5. The van der Waals surface area contributed by atoms with Crippen LogP contribution in [0.15, 0.2) is 65.3 Å². The zero-order valence-electron chi connectivity index (χ0n) is 20.0. The number of nitrogens with zero attached hydrogens (tertiary/aromatic N) is 1. The Hall–Kier alpha value is -3.94. The van der Waals surface area contributed by atoms with Crippen molar-refractivity contribution in [3.63, 3.8) is 0 Å². The van der Waals surface area contributed by atoms with E-state index in [9.17, 15) is 14.4 Å². The summed E-state index contributed by atoms with van der Waals surface area (Å²) in [5.41, 5.74) is 13.4. The lowest BCUT2D eigenvalue weighted by atomic mass is 10.0. The first-order valence-electron chi connectivity index (χ1n) is 11.1. The van der Waals surface area contributed by atoms with Gasteiger partial charge in [-0.2, -0.15) is 0 Å². The number of hydrogen-bond donors (Lipinski definition) is 3. The Balaban J connectivity index is 0.000000365. The van der Waals surface area contributed by atoms with Crippen molar-refractivity contribution in [2.24, 2.45) is 10.7 Å². The van der Waals surface area contributed by atoms with Crippen LogP contribution >= 0.6 is 0 Å².